The summed E-state index contributed by atoms with van der Waals surface area (Å²) >= 11 is 0. The van der Waals surface area contributed by atoms with Crippen LogP contribution in [-0.4, -0.2) is 6.05 Å². The SMILES string of the molecule is FC1(F)C=CC=CN1c1ccccc1. The van der Waals surface area contributed by atoms with Gasteiger partial charge in [0.1, 0.15) is 0 Å². The smallest absolute Gasteiger partial charge is 0.286 e. The van der Waals surface area contributed by atoms with Gasteiger partial charge < -0.3 is 0 Å². The zero-order chi connectivity index (χ0) is 10.0. The second kappa shape index (κ2) is 3.25. The summed E-state index contributed by atoms with van der Waals surface area (Å²) in [7, 11) is 0. The van der Waals surface area contributed by atoms with Gasteiger partial charge in [-0.2, -0.15) is 8.78 Å². The molecule has 14 heavy (non-hydrogen) atoms. The third-order valence-corrected chi connectivity index (χ3v) is 2.00. The van der Waals surface area contributed by atoms with Crippen molar-refractivity contribution in [1.29, 1.82) is 0 Å². The van der Waals surface area contributed by atoms with Crippen LogP contribution in [0.2, 0.25) is 0 Å². The highest BCUT2D eigenvalue weighted by Crippen LogP contribution is 2.30. The van der Waals surface area contributed by atoms with Gasteiger partial charge in [0.2, 0.25) is 0 Å². The first-order valence-electron chi connectivity index (χ1n) is 4.28. The zero-order valence-electron chi connectivity index (χ0n) is 7.40. The monoisotopic (exact) mass is 193 g/mol. The van der Waals surface area contributed by atoms with Crippen molar-refractivity contribution < 1.29 is 8.78 Å². The Morgan fingerprint density at radius 1 is 1.00 bits per heavy atom. The zero-order valence-corrected chi connectivity index (χ0v) is 7.40. The molecule has 0 bridgehead atoms. The standard InChI is InChI=1S/C11H9F2N/c12-11(13)8-4-5-9-14(11)10-6-2-1-3-7-10/h1-9H. The molecule has 1 aromatic rings. The van der Waals surface area contributed by atoms with E-state index in [1.807, 2.05) is 0 Å². The van der Waals surface area contributed by atoms with E-state index in [0.717, 1.165) is 11.0 Å². The van der Waals surface area contributed by atoms with Gasteiger partial charge in [0, 0.05) is 18.0 Å². The van der Waals surface area contributed by atoms with E-state index < -0.39 is 6.05 Å². The van der Waals surface area contributed by atoms with Crippen LogP contribution in [-0.2, 0) is 0 Å². The van der Waals surface area contributed by atoms with Crippen LogP contribution in [0, 0.1) is 0 Å². The predicted molar refractivity (Wildman–Crippen MR) is 52.1 cm³/mol. The number of rotatable bonds is 1. The molecule has 0 saturated carbocycles. The number of halogens is 2. The minimum Gasteiger partial charge on any atom is -0.286 e. The van der Waals surface area contributed by atoms with Crippen molar-refractivity contribution in [3.8, 4) is 0 Å². The van der Waals surface area contributed by atoms with Crippen LogP contribution in [0.1, 0.15) is 0 Å². The fourth-order valence-corrected chi connectivity index (χ4v) is 1.33. The molecule has 0 amide bonds. The predicted octanol–water partition coefficient (Wildman–Crippen LogP) is 3.17. The number of allylic oxidation sites excluding steroid dienone is 2. The average molecular weight is 193 g/mol. The number of hydrogen-bond donors (Lipinski definition) is 0. The van der Waals surface area contributed by atoms with Crippen LogP contribution in [0.15, 0.2) is 54.8 Å². The Bertz CT molecular complexity index is 368. The van der Waals surface area contributed by atoms with Gasteiger partial charge in [0.05, 0.1) is 0 Å². The van der Waals surface area contributed by atoms with Gasteiger partial charge in [-0.05, 0) is 18.2 Å². The molecular formula is C11H9F2N. The summed E-state index contributed by atoms with van der Waals surface area (Å²) in [5.74, 6) is 0. The lowest BCUT2D eigenvalue weighted by molar-refractivity contribution is 0.0600. The van der Waals surface area contributed by atoms with E-state index in [-0.39, 0.29) is 0 Å². The molecule has 1 aliphatic heterocycles. The van der Waals surface area contributed by atoms with Crippen molar-refractivity contribution in [1.82, 2.24) is 0 Å². The number of anilines is 1. The number of hydrogen-bond acceptors (Lipinski definition) is 1. The van der Waals surface area contributed by atoms with Gasteiger partial charge in [-0.1, -0.05) is 24.3 Å². The van der Waals surface area contributed by atoms with Crippen molar-refractivity contribution in [2.75, 3.05) is 4.90 Å². The molecule has 1 aromatic carbocycles. The summed E-state index contributed by atoms with van der Waals surface area (Å²) in [6.45, 7) is 0. The molecule has 0 spiro atoms. The van der Waals surface area contributed by atoms with Crippen LogP contribution < -0.4 is 4.90 Å². The van der Waals surface area contributed by atoms with Crippen LogP contribution in [0.5, 0.6) is 0 Å². The minimum absolute atomic E-state index is 0.484. The van der Waals surface area contributed by atoms with Crippen molar-refractivity contribution in [3.63, 3.8) is 0 Å². The number of para-hydroxylation sites is 1. The largest absolute Gasteiger partial charge is 0.349 e. The molecule has 0 N–H and O–H groups in total. The number of nitrogens with zero attached hydrogens (tertiary/aromatic N) is 1. The molecule has 1 heterocycles. The fraction of sp³-hybridized carbons (Fsp3) is 0.0909. The van der Waals surface area contributed by atoms with Gasteiger partial charge in [-0.3, -0.25) is 4.90 Å². The normalized spacial score (nSPS) is 18.6. The van der Waals surface area contributed by atoms with E-state index in [9.17, 15) is 8.78 Å². The average Bonchev–Trinajstić information content (AvgIpc) is 2.18. The molecule has 0 aliphatic carbocycles. The van der Waals surface area contributed by atoms with Gasteiger partial charge in [0.15, 0.2) is 0 Å². The summed E-state index contributed by atoms with van der Waals surface area (Å²) in [6, 6.07) is 5.63. The Morgan fingerprint density at radius 3 is 2.36 bits per heavy atom. The maximum atomic E-state index is 13.3. The second-order valence-electron chi connectivity index (χ2n) is 2.99. The molecule has 0 saturated heterocycles. The summed E-state index contributed by atoms with van der Waals surface area (Å²) in [4.78, 5) is 0.938. The van der Waals surface area contributed by atoms with E-state index in [4.69, 9.17) is 0 Å². The van der Waals surface area contributed by atoms with E-state index in [1.165, 1.54) is 12.3 Å². The van der Waals surface area contributed by atoms with E-state index in [0.29, 0.717) is 5.69 Å². The highest BCUT2D eigenvalue weighted by atomic mass is 19.3. The van der Waals surface area contributed by atoms with Crippen LogP contribution in [0.3, 0.4) is 0 Å². The minimum atomic E-state index is -2.93. The summed E-state index contributed by atoms with van der Waals surface area (Å²) in [5.41, 5.74) is 0.484. The van der Waals surface area contributed by atoms with Crippen molar-refractivity contribution in [3.05, 3.63) is 54.8 Å². The summed E-state index contributed by atoms with van der Waals surface area (Å²) in [6.07, 6.45) is 5.18. The molecule has 1 aliphatic rings. The first kappa shape index (κ1) is 8.94. The Morgan fingerprint density at radius 2 is 1.71 bits per heavy atom. The third-order valence-electron chi connectivity index (χ3n) is 2.00. The molecule has 2 rings (SSSR count). The first-order chi connectivity index (χ1) is 6.70. The molecule has 0 unspecified atom stereocenters. The van der Waals surface area contributed by atoms with Crippen molar-refractivity contribution >= 4 is 5.69 Å². The van der Waals surface area contributed by atoms with Gasteiger partial charge in [-0.15, -0.1) is 0 Å². The van der Waals surface area contributed by atoms with Crippen LogP contribution in [0.25, 0.3) is 0 Å². The van der Waals surface area contributed by atoms with E-state index >= 15 is 0 Å². The Kier molecular flexibility index (Phi) is 2.08. The maximum absolute atomic E-state index is 13.3. The topological polar surface area (TPSA) is 3.24 Å². The highest BCUT2D eigenvalue weighted by Gasteiger charge is 2.33. The van der Waals surface area contributed by atoms with Gasteiger partial charge >= 0.3 is 6.05 Å². The Balaban J connectivity index is 2.36. The van der Waals surface area contributed by atoms with Crippen LogP contribution >= 0.6 is 0 Å². The summed E-state index contributed by atoms with van der Waals surface area (Å²) in [5, 5.41) is 0. The molecular weight excluding hydrogens is 184 g/mol. The molecule has 72 valence electrons. The van der Waals surface area contributed by atoms with Crippen molar-refractivity contribution in [2.24, 2.45) is 0 Å². The van der Waals surface area contributed by atoms with Gasteiger partial charge in [-0.25, -0.2) is 0 Å². The van der Waals surface area contributed by atoms with Gasteiger partial charge in [0.25, 0.3) is 0 Å². The second-order valence-corrected chi connectivity index (χ2v) is 2.99. The van der Waals surface area contributed by atoms with Crippen molar-refractivity contribution in [2.45, 2.75) is 6.05 Å². The first-order valence-corrected chi connectivity index (χ1v) is 4.28. The van der Waals surface area contributed by atoms with Crippen LogP contribution in [0.4, 0.5) is 14.5 Å². The Labute approximate surface area is 81.0 Å². The lowest BCUT2D eigenvalue weighted by Crippen LogP contribution is -2.36. The lowest BCUT2D eigenvalue weighted by Gasteiger charge is -2.29. The quantitative estimate of drug-likeness (QED) is 0.619. The number of benzene rings is 1. The van der Waals surface area contributed by atoms with E-state index in [1.54, 1.807) is 36.4 Å². The molecule has 3 heteroatoms. The summed E-state index contributed by atoms with van der Waals surface area (Å²) < 4.78 is 26.7. The maximum Gasteiger partial charge on any atom is 0.349 e. The fourth-order valence-electron chi connectivity index (χ4n) is 1.33. The molecule has 0 fully saturated rings. The Hall–Kier alpha value is -1.64. The molecule has 0 aromatic heterocycles. The van der Waals surface area contributed by atoms with E-state index in [2.05, 4.69) is 0 Å². The highest BCUT2D eigenvalue weighted by molar-refractivity contribution is 5.53. The molecule has 0 radical (unpaired) electrons. The third kappa shape index (κ3) is 1.53. The lowest BCUT2D eigenvalue weighted by atomic mass is 10.2. The number of alkyl halides is 2. The molecule has 0 atom stereocenters. The molecule has 1 nitrogen and oxygen atoms in total.